The molecule has 4 heterocycles. The Balaban J connectivity index is 0.000000152. The van der Waals surface area contributed by atoms with Gasteiger partial charge in [-0.25, -0.2) is 18.7 Å². The summed E-state index contributed by atoms with van der Waals surface area (Å²) in [7, 11) is 0. The van der Waals surface area contributed by atoms with Gasteiger partial charge in [0.25, 0.3) is 0 Å². The molecule has 2 aliphatic heterocycles. The van der Waals surface area contributed by atoms with Crippen LogP contribution in [0.5, 0.6) is 0 Å². The number of fused-ring (bicyclic) bond motifs is 2. The van der Waals surface area contributed by atoms with Gasteiger partial charge in [0.15, 0.2) is 5.82 Å². The summed E-state index contributed by atoms with van der Waals surface area (Å²) in [6, 6.07) is 14.3. The van der Waals surface area contributed by atoms with Crippen LogP contribution in [0.1, 0.15) is 5.56 Å². The highest BCUT2D eigenvalue weighted by Crippen LogP contribution is 2.25. The summed E-state index contributed by atoms with van der Waals surface area (Å²) in [6.07, 6.45) is 1.64. The third-order valence-corrected chi connectivity index (χ3v) is 6.81. The molecule has 192 valence electrons. The van der Waals surface area contributed by atoms with Gasteiger partial charge in [-0.05, 0) is 54.1 Å². The molecule has 37 heavy (non-hydrogen) atoms. The summed E-state index contributed by atoms with van der Waals surface area (Å²) < 4.78 is 39.2. The number of morpholine rings is 2. The average Bonchev–Trinajstić information content (AvgIpc) is 2.94. The Morgan fingerprint density at radius 3 is 1.73 bits per heavy atom. The molecule has 4 aromatic rings. The second-order valence-electron chi connectivity index (χ2n) is 8.78. The second-order valence-corrected chi connectivity index (χ2v) is 9.69. The van der Waals surface area contributed by atoms with Gasteiger partial charge >= 0.3 is 0 Å². The summed E-state index contributed by atoms with van der Waals surface area (Å²) in [5.74, 6) is 1.02. The number of rotatable bonds is 3. The minimum Gasteiger partial charge on any atom is -0.378 e. The van der Waals surface area contributed by atoms with Crippen LogP contribution in [-0.2, 0) is 9.47 Å². The van der Waals surface area contributed by atoms with Crippen LogP contribution in [0.15, 0.2) is 59.6 Å². The van der Waals surface area contributed by atoms with Gasteiger partial charge in [-0.3, -0.25) is 0 Å². The molecule has 2 aromatic heterocycles. The minimum atomic E-state index is -0.303. The molecular weight excluding hydrogens is 542 g/mol. The van der Waals surface area contributed by atoms with Crippen molar-refractivity contribution in [3.8, 4) is 0 Å². The summed E-state index contributed by atoms with van der Waals surface area (Å²) in [5.41, 5.74) is 1.60. The van der Waals surface area contributed by atoms with E-state index in [4.69, 9.17) is 9.47 Å². The molecule has 0 radical (unpaired) electrons. The molecule has 2 aliphatic rings. The number of aromatic nitrogens is 2. The first-order valence-corrected chi connectivity index (χ1v) is 12.9. The molecule has 6 nitrogen and oxygen atoms in total. The highest BCUT2D eigenvalue weighted by Gasteiger charge is 2.15. The predicted octanol–water partition coefficient (Wildman–Crippen LogP) is 5.83. The monoisotopic (exact) mass is 568 g/mol. The van der Waals surface area contributed by atoms with E-state index < -0.39 is 0 Å². The third kappa shape index (κ3) is 5.89. The van der Waals surface area contributed by atoms with Gasteiger partial charge in [0, 0.05) is 41.4 Å². The molecule has 2 aromatic carbocycles. The lowest BCUT2D eigenvalue weighted by Crippen LogP contribution is -2.36. The Kier molecular flexibility index (Phi) is 7.93. The van der Waals surface area contributed by atoms with Crippen molar-refractivity contribution in [2.45, 2.75) is 0 Å². The van der Waals surface area contributed by atoms with E-state index in [1.54, 1.807) is 6.08 Å². The fourth-order valence-corrected chi connectivity index (χ4v) is 4.85. The number of benzene rings is 2. The van der Waals surface area contributed by atoms with Crippen molar-refractivity contribution in [2.75, 3.05) is 62.4 Å². The highest BCUT2D eigenvalue weighted by atomic mass is 79.9. The Morgan fingerprint density at radius 2 is 1.22 bits per heavy atom. The van der Waals surface area contributed by atoms with Crippen molar-refractivity contribution < 1.29 is 18.3 Å². The van der Waals surface area contributed by atoms with Gasteiger partial charge in [0.05, 0.1) is 26.4 Å². The third-order valence-electron chi connectivity index (χ3n) is 6.36. The Morgan fingerprint density at radius 1 is 0.730 bits per heavy atom. The van der Waals surface area contributed by atoms with Crippen LogP contribution in [0.4, 0.5) is 20.4 Å². The number of anilines is 2. The van der Waals surface area contributed by atoms with Crippen LogP contribution in [0.2, 0.25) is 0 Å². The summed E-state index contributed by atoms with van der Waals surface area (Å²) >= 11 is 3.28. The molecule has 9 heteroatoms. The topological polar surface area (TPSA) is 50.7 Å². The SMILES string of the molecule is C=Cc1cc(F)c2nc(N3CCOCC3)ccc2c1.Fc1cc(Br)cc2ccc(N3CCOCC3)nc12. The molecule has 2 saturated heterocycles. The zero-order chi connectivity index (χ0) is 25.8. The second kappa shape index (κ2) is 11.5. The van der Waals surface area contributed by atoms with Crippen molar-refractivity contribution in [1.82, 2.24) is 9.97 Å². The molecule has 6 rings (SSSR count). The van der Waals surface area contributed by atoms with Crippen LogP contribution in [-0.4, -0.2) is 62.6 Å². The quantitative estimate of drug-likeness (QED) is 0.310. The average molecular weight is 569 g/mol. The first-order chi connectivity index (χ1) is 18.0. The zero-order valence-electron chi connectivity index (χ0n) is 20.3. The summed E-state index contributed by atoms with van der Waals surface area (Å²) in [4.78, 5) is 13.1. The molecule has 0 spiro atoms. The minimum absolute atomic E-state index is 0.297. The van der Waals surface area contributed by atoms with Gasteiger partial charge in [-0.15, -0.1) is 0 Å². The van der Waals surface area contributed by atoms with E-state index in [0.717, 1.165) is 58.6 Å². The summed E-state index contributed by atoms with van der Waals surface area (Å²) in [6.45, 7) is 9.64. The van der Waals surface area contributed by atoms with Crippen LogP contribution >= 0.6 is 15.9 Å². The number of pyridine rings is 2. The molecular formula is C28H27BrF2N4O2. The Bertz CT molecular complexity index is 1420. The molecule has 0 aliphatic carbocycles. The molecule has 0 unspecified atom stereocenters. The molecule has 2 fully saturated rings. The molecule has 0 atom stereocenters. The fraction of sp³-hybridized carbons (Fsp3) is 0.286. The van der Waals surface area contributed by atoms with Crippen LogP contribution in [0.3, 0.4) is 0 Å². The Hall–Kier alpha value is -3.14. The number of halogens is 3. The first kappa shape index (κ1) is 25.5. The van der Waals surface area contributed by atoms with Crippen molar-refractivity contribution in [2.24, 2.45) is 0 Å². The van der Waals surface area contributed by atoms with Crippen molar-refractivity contribution in [3.05, 3.63) is 76.8 Å². The summed E-state index contributed by atoms with van der Waals surface area (Å²) in [5, 5.41) is 1.60. The molecule has 0 saturated carbocycles. The maximum atomic E-state index is 14.0. The zero-order valence-corrected chi connectivity index (χ0v) is 21.9. The van der Waals surface area contributed by atoms with E-state index in [2.05, 4.69) is 42.3 Å². The maximum Gasteiger partial charge on any atom is 0.150 e. The largest absolute Gasteiger partial charge is 0.378 e. The van der Waals surface area contributed by atoms with Gasteiger partial charge in [-0.1, -0.05) is 28.6 Å². The van der Waals surface area contributed by atoms with Crippen molar-refractivity contribution >= 4 is 55.4 Å². The number of hydrogen-bond acceptors (Lipinski definition) is 6. The van der Waals surface area contributed by atoms with E-state index in [-0.39, 0.29) is 11.6 Å². The lowest BCUT2D eigenvalue weighted by molar-refractivity contribution is 0.122. The first-order valence-electron chi connectivity index (χ1n) is 12.2. The fourth-order valence-electron chi connectivity index (χ4n) is 4.41. The number of nitrogens with zero attached hydrogens (tertiary/aromatic N) is 4. The van der Waals surface area contributed by atoms with Crippen molar-refractivity contribution in [3.63, 3.8) is 0 Å². The van der Waals surface area contributed by atoms with Crippen LogP contribution < -0.4 is 9.80 Å². The van der Waals surface area contributed by atoms with Gasteiger partial charge < -0.3 is 19.3 Å². The van der Waals surface area contributed by atoms with E-state index in [9.17, 15) is 8.78 Å². The van der Waals surface area contributed by atoms with Gasteiger partial charge in [-0.2, -0.15) is 0 Å². The van der Waals surface area contributed by atoms with Gasteiger partial charge in [0.1, 0.15) is 28.5 Å². The molecule has 0 amide bonds. The van der Waals surface area contributed by atoms with E-state index in [1.165, 1.54) is 12.1 Å². The Labute approximate surface area is 222 Å². The normalized spacial score (nSPS) is 16.0. The van der Waals surface area contributed by atoms with Gasteiger partial charge in [0.2, 0.25) is 0 Å². The standard InChI is InChI=1S/C15H15FN2O.C13H12BrFN2O/c1-2-11-9-12-3-4-14(17-15(12)13(16)10-11)18-5-7-19-8-6-18;14-10-7-9-1-2-12(16-13(9)11(15)8-10)17-3-5-18-6-4-17/h2-4,9-10H,1,5-8H2;1-2,7-8H,3-6H2. The van der Waals surface area contributed by atoms with E-state index in [1.807, 2.05) is 36.4 Å². The van der Waals surface area contributed by atoms with E-state index in [0.29, 0.717) is 37.5 Å². The van der Waals surface area contributed by atoms with Crippen molar-refractivity contribution in [1.29, 1.82) is 0 Å². The van der Waals surface area contributed by atoms with Crippen LogP contribution in [0, 0.1) is 11.6 Å². The predicted molar refractivity (Wildman–Crippen MR) is 147 cm³/mol. The smallest absolute Gasteiger partial charge is 0.150 e. The maximum absolute atomic E-state index is 14.0. The lowest BCUT2D eigenvalue weighted by Gasteiger charge is -2.27. The molecule has 0 bridgehead atoms. The highest BCUT2D eigenvalue weighted by molar-refractivity contribution is 9.10. The number of ether oxygens (including phenoxy) is 2. The molecule has 0 N–H and O–H groups in total. The number of hydrogen-bond donors (Lipinski definition) is 0. The van der Waals surface area contributed by atoms with E-state index >= 15 is 0 Å². The van der Waals surface area contributed by atoms with Crippen LogP contribution in [0.25, 0.3) is 27.9 Å². The lowest BCUT2D eigenvalue weighted by atomic mass is 10.1.